The van der Waals surface area contributed by atoms with Crippen molar-refractivity contribution in [2.24, 2.45) is 0 Å². The van der Waals surface area contributed by atoms with Crippen LogP contribution in [-0.2, 0) is 0 Å². The van der Waals surface area contributed by atoms with Gasteiger partial charge in [0.2, 0.25) is 0 Å². The number of fused-ring (bicyclic) bond motifs is 36. The molecular formula is C136H80N8. The lowest BCUT2D eigenvalue weighted by atomic mass is 9.96. The van der Waals surface area contributed by atoms with Crippen molar-refractivity contribution in [3.63, 3.8) is 0 Å². The summed E-state index contributed by atoms with van der Waals surface area (Å²) in [5, 5.41) is 35.2. The fourth-order valence-electron chi connectivity index (χ4n) is 25.8. The van der Waals surface area contributed by atoms with Crippen molar-refractivity contribution in [3.8, 4) is 56.4 Å². The fraction of sp³-hybridized carbons (Fsp3) is 0. The van der Waals surface area contributed by atoms with Crippen LogP contribution >= 0.6 is 0 Å². The number of para-hydroxylation sites is 12. The third kappa shape index (κ3) is 10.8. The number of benzene rings is 24. The van der Waals surface area contributed by atoms with Gasteiger partial charge in [0.05, 0.1) is 99.3 Å². The van der Waals surface area contributed by atoms with Crippen LogP contribution in [0, 0.1) is 0 Å². The van der Waals surface area contributed by atoms with Crippen LogP contribution in [0.3, 0.4) is 0 Å². The highest BCUT2D eigenvalue weighted by Crippen LogP contribution is 2.53. The van der Waals surface area contributed by atoms with E-state index in [1.807, 2.05) is 0 Å². The standard InChI is InChI=1S/C74H44N4.C62H36N4/c1-4-16-53(17-5-1)75-64-25-13-10-22-56(64)59-38-47(32-34-67(59)75)45-28-30-49-40-61-62-44-71-72(58-24-12-15-27-66(58)77(71)55-20-8-3-9-21-55)73-63-41-50-31-29-46(37-52(50)43-70(63)78(74(62)73)69(61)42-51(49)36-45)48-33-35-68-60(39-48)57-23-11-14-26-65(57)76(68)54-18-6-2-7-19-54;1-2-14-41(15-3-1)63-56-25-13-8-20-48(56)60-59(63)36-50-49-32-37-26-28-42(64-52-21-9-4-16-44(52)45-17-5-10-22-53(45)64)30-39(37)34-57(49)66-58-35-40-31-43(29-27-38(40)33-51(58)61(60)62(50)66)65-54-23-11-6-18-46(54)47-19-7-12-24-55(47)65/h1-44H;1-36H. The quantitative estimate of drug-likeness (QED) is 0.145. The molecule has 0 atom stereocenters. The average Bonchev–Trinajstić information content (AvgIpc) is 1.51. The van der Waals surface area contributed by atoms with E-state index in [9.17, 15) is 0 Å². The summed E-state index contributed by atoms with van der Waals surface area (Å²) in [7, 11) is 0. The molecule has 10 heterocycles. The molecule has 0 fully saturated rings. The van der Waals surface area contributed by atoms with Crippen LogP contribution in [-0.4, -0.2) is 36.2 Å². The highest BCUT2D eigenvalue weighted by molar-refractivity contribution is 6.39. The highest BCUT2D eigenvalue weighted by Gasteiger charge is 2.30. The van der Waals surface area contributed by atoms with Gasteiger partial charge in [-0.2, -0.15) is 0 Å². The second-order valence-corrected chi connectivity index (χ2v) is 39.4. The minimum atomic E-state index is 1.16. The van der Waals surface area contributed by atoms with Gasteiger partial charge in [-0.15, -0.1) is 0 Å². The molecule has 8 nitrogen and oxygen atoms in total. The van der Waals surface area contributed by atoms with E-state index in [1.165, 1.54) is 284 Å². The summed E-state index contributed by atoms with van der Waals surface area (Å²) in [6.45, 7) is 0. The molecule has 0 spiro atoms. The van der Waals surface area contributed by atoms with Crippen molar-refractivity contribution in [2.45, 2.75) is 0 Å². The Morgan fingerprint density at radius 1 is 0.104 bits per heavy atom. The normalized spacial score (nSPS) is 12.4. The molecule has 34 aromatic rings. The van der Waals surface area contributed by atoms with Crippen molar-refractivity contribution in [1.29, 1.82) is 0 Å². The first kappa shape index (κ1) is 77.7. The Morgan fingerprint density at radius 2 is 0.333 bits per heavy atom. The van der Waals surface area contributed by atoms with Crippen molar-refractivity contribution >= 4 is 250 Å². The summed E-state index contributed by atoms with van der Waals surface area (Å²) < 4.78 is 19.8. The van der Waals surface area contributed by atoms with E-state index in [0.29, 0.717) is 0 Å². The minimum absolute atomic E-state index is 1.16. The van der Waals surface area contributed by atoms with Crippen molar-refractivity contribution < 1.29 is 0 Å². The molecule has 0 saturated heterocycles. The second kappa shape index (κ2) is 29.2. The zero-order chi connectivity index (χ0) is 93.5. The van der Waals surface area contributed by atoms with E-state index in [4.69, 9.17) is 0 Å². The smallest absolute Gasteiger partial charge is 0.0628 e. The summed E-state index contributed by atoms with van der Waals surface area (Å²) in [5.74, 6) is 0. The zero-order valence-corrected chi connectivity index (χ0v) is 77.8. The summed E-state index contributed by atoms with van der Waals surface area (Å²) in [6, 6.07) is 181. The van der Waals surface area contributed by atoms with Crippen LogP contribution in [0.5, 0.6) is 0 Å². The van der Waals surface area contributed by atoms with Crippen molar-refractivity contribution in [3.05, 3.63) is 485 Å². The van der Waals surface area contributed by atoms with Gasteiger partial charge in [0.25, 0.3) is 0 Å². The van der Waals surface area contributed by atoms with Gasteiger partial charge < -0.3 is 36.2 Å². The Bertz CT molecular complexity index is 11500. The Kier molecular flexibility index (Phi) is 15.7. The molecule has 0 aliphatic rings. The van der Waals surface area contributed by atoms with Gasteiger partial charge in [-0.3, -0.25) is 0 Å². The molecule has 10 aromatic heterocycles. The average molecular weight is 1830 g/mol. The largest absolute Gasteiger partial charge is 0.309 e. The molecule has 0 aliphatic heterocycles. The Morgan fingerprint density at radius 3 is 0.667 bits per heavy atom. The molecule has 8 heteroatoms. The molecule has 0 N–H and O–H groups in total. The molecule has 144 heavy (non-hydrogen) atoms. The van der Waals surface area contributed by atoms with Gasteiger partial charge in [-0.1, -0.05) is 267 Å². The Hall–Kier alpha value is -19.3. The van der Waals surface area contributed by atoms with E-state index in [-0.39, 0.29) is 0 Å². The fourth-order valence-corrected chi connectivity index (χ4v) is 25.8. The van der Waals surface area contributed by atoms with Crippen LogP contribution < -0.4 is 0 Å². The molecule has 0 amide bonds. The number of aromatic nitrogens is 8. The van der Waals surface area contributed by atoms with Crippen LogP contribution in [0.1, 0.15) is 0 Å². The van der Waals surface area contributed by atoms with Gasteiger partial charge >= 0.3 is 0 Å². The third-order valence-corrected chi connectivity index (χ3v) is 31.9. The number of nitrogens with zero attached hydrogens (tertiary/aromatic N) is 8. The van der Waals surface area contributed by atoms with Gasteiger partial charge in [0.1, 0.15) is 0 Å². The van der Waals surface area contributed by atoms with E-state index >= 15 is 0 Å². The van der Waals surface area contributed by atoms with E-state index in [1.54, 1.807) is 0 Å². The Balaban J connectivity index is 0.000000128. The van der Waals surface area contributed by atoms with E-state index < -0.39 is 0 Å². The van der Waals surface area contributed by atoms with Crippen LogP contribution in [0.25, 0.3) is 306 Å². The Labute approximate surface area is 822 Å². The topological polar surface area (TPSA) is 38.4 Å². The minimum Gasteiger partial charge on any atom is -0.309 e. The second-order valence-electron chi connectivity index (χ2n) is 39.4. The molecule has 0 unspecified atom stereocenters. The van der Waals surface area contributed by atoms with Gasteiger partial charge in [0, 0.05) is 142 Å². The summed E-state index contributed by atoms with van der Waals surface area (Å²) >= 11 is 0. The lowest BCUT2D eigenvalue weighted by Gasteiger charge is -2.11. The monoisotopic (exact) mass is 1820 g/mol. The lowest BCUT2D eigenvalue weighted by Crippen LogP contribution is -1.94. The molecule has 24 aromatic carbocycles. The van der Waals surface area contributed by atoms with E-state index in [0.717, 1.165) is 22.7 Å². The predicted octanol–water partition coefficient (Wildman–Crippen LogP) is 36.2. The van der Waals surface area contributed by atoms with Crippen molar-refractivity contribution in [2.75, 3.05) is 0 Å². The van der Waals surface area contributed by atoms with Gasteiger partial charge in [-0.25, -0.2) is 0 Å². The first-order valence-corrected chi connectivity index (χ1v) is 49.8. The maximum absolute atomic E-state index is 2.59. The van der Waals surface area contributed by atoms with Crippen LogP contribution in [0.2, 0.25) is 0 Å². The number of hydrogen-bond acceptors (Lipinski definition) is 0. The number of rotatable bonds is 8. The molecule has 0 saturated carbocycles. The van der Waals surface area contributed by atoms with E-state index in [2.05, 4.69) is 522 Å². The van der Waals surface area contributed by atoms with Gasteiger partial charge in [0.15, 0.2) is 0 Å². The molecule has 0 bridgehead atoms. The maximum atomic E-state index is 2.59. The molecule has 664 valence electrons. The summed E-state index contributed by atoms with van der Waals surface area (Å²) in [4.78, 5) is 0. The molecule has 34 rings (SSSR count). The van der Waals surface area contributed by atoms with Crippen LogP contribution in [0.4, 0.5) is 0 Å². The first-order chi connectivity index (χ1) is 71.4. The summed E-state index contributed by atoms with van der Waals surface area (Å²) in [6.07, 6.45) is 0. The van der Waals surface area contributed by atoms with Gasteiger partial charge in [-0.05, 0) is 284 Å². The predicted molar refractivity (Wildman–Crippen MR) is 609 cm³/mol. The maximum Gasteiger partial charge on any atom is 0.0628 e. The van der Waals surface area contributed by atoms with Crippen LogP contribution in [0.15, 0.2) is 485 Å². The first-order valence-electron chi connectivity index (χ1n) is 49.8. The highest BCUT2D eigenvalue weighted by atomic mass is 15.0. The molecule has 0 radical (unpaired) electrons. The van der Waals surface area contributed by atoms with Crippen molar-refractivity contribution in [1.82, 2.24) is 36.2 Å². The lowest BCUT2D eigenvalue weighted by molar-refractivity contribution is 1.18. The zero-order valence-electron chi connectivity index (χ0n) is 77.8. The number of hydrogen-bond donors (Lipinski definition) is 0. The molecular weight excluding hydrogens is 1750 g/mol. The molecule has 0 aliphatic carbocycles. The third-order valence-electron chi connectivity index (χ3n) is 31.9. The SMILES string of the molecule is c1ccc(-n2c3ccccc3c3c4c5cc6ccc(-n7c8ccccc8c8ccccc87)cc6cc5n5c6cc7cc(-n8c9ccccc9c9ccccc98)ccc7cc6c(cc32)c45)cc1.c1ccc(-n2c3ccccc3c3cc(-c4ccc5cc6c7cc8c(c9ccccc9n8-c8ccccc8)c8c9cc%10ccc(-c%11ccc%12c(c%11)c%11ccccc%11n%12-c%11ccccc%11)cc%10cc9n(c6cc5c4)c78)ccc32)cc1. The summed E-state index contributed by atoms with van der Waals surface area (Å²) in [5.41, 5.74) is 33.8.